The molecule has 0 bridgehead atoms. The zero-order valence-electron chi connectivity index (χ0n) is 17.3. The van der Waals surface area contributed by atoms with Gasteiger partial charge in [0.1, 0.15) is 5.82 Å². The monoisotopic (exact) mass is 402 g/mol. The Morgan fingerprint density at radius 2 is 2.03 bits per heavy atom. The number of benzene rings is 1. The Morgan fingerprint density at radius 3 is 2.83 bits per heavy atom. The van der Waals surface area contributed by atoms with E-state index in [1.165, 1.54) is 0 Å². The molecule has 1 aromatic heterocycles. The third-order valence-electron chi connectivity index (χ3n) is 6.28. The number of carbonyl (C=O) groups is 2. The molecule has 6 heteroatoms. The maximum atomic E-state index is 12.9. The molecule has 0 radical (unpaired) electrons. The Hall–Kier alpha value is -3.15. The number of aryl methyl sites for hydroxylation is 1. The van der Waals surface area contributed by atoms with Crippen LogP contribution in [0.15, 0.2) is 42.6 Å². The fourth-order valence-electron chi connectivity index (χ4n) is 4.63. The molecule has 0 aliphatic carbocycles. The van der Waals surface area contributed by atoms with Crippen molar-refractivity contribution in [2.45, 2.75) is 32.7 Å². The van der Waals surface area contributed by atoms with Gasteiger partial charge in [-0.2, -0.15) is 0 Å². The van der Waals surface area contributed by atoms with Crippen LogP contribution in [0.1, 0.15) is 51.6 Å². The van der Waals surface area contributed by atoms with E-state index < -0.39 is 0 Å². The van der Waals surface area contributed by atoms with Crippen molar-refractivity contribution in [1.82, 2.24) is 14.8 Å². The minimum absolute atomic E-state index is 0.0578. The second kappa shape index (κ2) is 7.59. The van der Waals surface area contributed by atoms with Gasteiger partial charge in [0, 0.05) is 50.2 Å². The Balaban J connectivity index is 1.43. The molecule has 154 valence electrons. The van der Waals surface area contributed by atoms with Crippen molar-refractivity contribution in [1.29, 1.82) is 0 Å². The van der Waals surface area contributed by atoms with Crippen molar-refractivity contribution in [2.24, 2.45) is 0 Å². The Kier molecular flexibility index (Phi) is 4.77. The van der Waals surface area contributed by atoms with E-state index in [-0.39, 0.29) is 11.8 Å². The second-order valence-corrected chi connectivity index (χ2v) is 8.13. The average molecular weight is 402 g/mol. The molecule has 0 unspecified atom stereocenters. The van der Waals surface area contributed by atoms with Crippen molar-refractivity contribution in [3.8, 4) is 0 Å². The molecule has 2 amide bonds. The third-order valence-corrected chi connectivity index (χ3v) is 6.28. The molecule has 0 saturated carbocycles. The normalized spacial score (nSPS) is 17.9. The van der Waals surface area contributed by atoms with E-state index in [1.54, 1.807) is 6.20 Å². The molecule has 0 atom stereocenters. The van der Waals surface area contributed by atoms with Gasteiger partial charge in [-0.05, 0) is 61.6 Å². The summed E-state index contributed by atoms with van der Waals surface area (Å²) < 4.78 is 0. The van der Waals surface area contributed by atoms with Crippen LogP contribution in [-0.2, 0) is 13.0 Å². The van der Waals surface area contributed by atoms with Crippen LogP contribution in [0.4, 0.5) is 11.5 Å². The predicted octanol–water partition coefficient (Wildman–Crippen LogP) is 3.54. The fraction of sp³-hybridized carbons (Fsp3) is 0.375. The first-order chi connectivity index (χ1) is 14.7. The van der Waals surface area contributed by atoms with Gasteiger partial charge >= 0.3 is 0 Å². The molecule has 1 aromatic carbocycles. The van der Waals surface area contributed by atoms with E-state index in [0.29, 0.717) is 18.7 Å². The SMILES string of the molecule is CCN1Cc2cc(N3CCCc4cc(C(=O)N5CC=CCC5)cnc43)ccc2C1=O. The largest absolute Gasteiger partial charge is 0.335 e. The number of fused-ring (bicyclic) bond motifs is 2. The summed E-state index contributed by atoms with van der Waals surface area (Å²) in [6.07, 6.45) is 8.73. The molecular weight excluding hydrogens is 376 g/mol. The van der Waals surface area contributed by atoms with Crippen LogP contribution >= 0.6 is 0 Å². The number of hydrogen-bond acceptors (Lipinski definition) is 4. The number of rotatable bonds is 3. The molecular formula is C24H26N4O2. The molecule has 3 aliphatic rings. The number of aromatic nitrogens is 1. The molecule has 4 heterocycles. The van der Waals surface area contributed by atoms with Gasteiger partial charge in [-0.3, -0.25) is 9.59 Å². The molecule has 30 heavy (non-hydrogen) atoms. The quantitative estimate of drug-likeness (QED) is 0.737. The number of pyridine rings is 1. The van der Waals surface area contributed by atoms with Crippen LogP contribution in [0, 0.1) is 0 Å². The predicted molar refractivity (Wildman–Crippen MR) is 116 cm³/mol. The number of nitrogens with zero attached hydrogens (tertiary/aromatic N) is 4. The van der Waals surface area contributed by atoms with Crippen LogP contribution in [0.5, 0.6) is 0 Å². The molecule has 3 aliphatic heterocycles. The van der Waals surface area contributed by atoms with Gasteiger partial charge in [0.25, 0.3) is 11.8 Å². The third kappa shape index (κ3) is 3.16. The topological polar surface area (TPSA) is 56.8 Å². The summed E-state index contributed by atoms with van der Waals surface area (Å²) in [5.41, 5.74) is 4.74. The van der Waals surface area contributed by atoms with Crippen LogP contribution in [0.2, 0.25) is 0 Å². The highest BCUT2D eigenvalue weighted by Crippen LogP contribution is 2.35. The minimum Gasteiger partial charge on any atom is -0.335 e. The zero-order valence-corrected chi connectivity index (χ0v) is 17.3. The molecule has 2 aromatic rings. The van der Waals surface area contributed by atoms with E-state index in [1.807, 2.05) is 41.0 Å². The standard InChI is InChI=1S/C24H26N4O2/c1-2-26-16-19-14-20(8-9-21(19)24(26)30)28-12-6-7-17-13-18(15-25-22(17)28)23(29)27-10-4-3-5-11-27/h3-4,8-9,13-15H,2,5-7,10-12,16H2,1H3. The van der Waals surface area contributed by atoms with Crippen LogP contribution in [0.25, 0.3) is 0 Å². The first-order valence-electron chi connectivity index (χ1n) is 10.8. The minimum atomic E-state index is 0.0578. The van der Waals surface area contributed by atoms with Gasteiger partial charge in [-0.1, -0.05) is 12.2 Å². The Bertz CT molecular complexity index is 1050. The molecule has 0 saturated heterocycles. The lowest BCUT2D eigenvalue weighted by atomic mass is 10.0. The van der Waals surface area contributed by atoms with Gasteiger partial charge in [-0.15, -0.1) is 0 Å². The van der Waals surface area contributed by atoms with Gasteiger partial charge in [-0.25, -0.2) is 4.98 Å². The highest BCUT2D eigenvalue weighted by Gasteiger charge is 2.28. The number of amides is 2. The lowest BCUT2D eigenvalue weighted by Gasteiger charge is -2.31. The molecule has 6 nitrogen and oxygen atoms in total. The average Bonchev–Trinajstić information content (AvgIpc) is 3.13. The summed E-state index contributed by atoms with van der Waals surface area (Å²) in [6, 6.07) is 8.11. The smallest absolute Gasteiger partial charge is 0.255 e. The lowest BCUT2D eigenvalue weighted by Crippen LogP contribution is -2.34. The number of hydrogen-bond donors (Lipinski definition) is 0. The van der Waals surface area contributed by atoms with Gasteiger partial charge in [0.2, 0.25) is 0 Å². The van der Waals surface area contributed by atoms with E-state index >= 15 is 0 Å². The summed E-state index contributed by atoms with van der Waals surface area (Å²) in [5, 5.41) is 0. The Morgan fingerprint density at radius 1 is 1.13 bits per heavy atom. The van der Waals surface area contributed by atoms with Crippen molar-refractivity contribution in [2.75, 3.05) is 31.1 Å². The molecule has 0 fully saturated rings. The number of carbonyl (C=O) groups excluding carboxylic acids is 2. The second-order valence-electron chi connectivity index (χ2n) is 8.13. The summed E-state index contributed by atoms with van der Waals surface area (Å²) in [4.78, 5) is 35.9. The summed E-state index contributed by atoms with van der Waals surface area (Å²) in [5.74, 6) is 1.10. The maximum absolute atomic E-state index is 12.9. The fourth-order valence-corrected chi connectivity index (χ4v) is 4.63. The highest BCUT2D eigenvalue weighted by atomic mass is 16.2. The molecule has 5 rings (SSSR count). The molecule has 0 spiro atoms. The van der Waals surface area contributed by atoms with E-state index in [9.17, 15) is 9.59 Å². The van der Waals surface area contributed by atoms with Crippen molar-refractivity contribution < 1.29 is 9.59 Å². The van der Waals surface area contributed by atoms with Gasteiger partial charge in [0.15, 0.2) is 0 Å². The Labute approximate surface area is 176 Å². The van der Waals surface area contributed by atoms with E-state index in [0.717, 1.165) is 67.1 Å². The highest BCUT2D eigenvalue weighted by molar-refractivity contribution is 5.99. The first kappa shape index (κ1) is 18.9. The summed E-state index contributed by atoms with van der Waals surface area (Å²) in [7, 11) is 0. The van der Waals surface area contributed by atoms with Gasteiger partial charge < -0.3 is 14.7 Å². The van der Waals surface area contributed by atoms with Crippen LogP contribution < -0.4 is 4.90 Å². The van der Waals surface area contributed by atoms with Crippen LogP contribution in [-0.4, -0.2) is 52.8 Å². The van der Waals surface area contributed by atoms with E-state index in [2.05, 4.69) is 17.0 Å². The lowest BCUT2D eigenvalue weighted by molar-refractivity contribution is 0.0767. The van der Waals surface area contributed by atoms with E-state index in [4.69, 9.17) is 4.98 Å². The summed E-state index contributed by atoms with van der Waals surface area (Å²) in [6.45, 7) is 5.72. The first-order valence-corrected chi connectivity index (χ1v) is 10.8. The molecule has 0 N–H and O–H groups in total. The number of anilines is 2. The van der Waals surface area contributed by atoms with Gasteiger partial charge in [0.05, 0.1) is 5.56 Å². The summed E-state index contributed by atoms with van der Waals surface area (Å²) >= 11 is 0. The van der Waals surface area contributed by atoms with Crippen molar-refractivity contribution in [3.63, 3.8) is 0 Å². The van der Waals surface area contributed by atoms with Crippen molar-refractivity contribution in [3.05, 3.63) is 64.9 Å². The maximum Gasteiger partial charge on any atom is 0.255 e. The van der Waals surface area contributed by atoms with Crippen molar-refractivity contribution >= 4 is 23.3 Å². The van der Waals surface area contributed by atoms with Crippen LogP contribution in [0.3, 0.4) is 0 Å². The zero-order chi connectivity index (χ0) is 20.7.